The highest BCUT2D eigenvalue weighted by molar-refractivity contribution is 9.10. The molecule has 2 rings (SSSR count). The molecule has 1 aliphatic rings. The largest absolute Gasteiger partial charge is 0.475 e. The molecule has 3 nitrogen and oxygen atoms in total. The Balaban J connectivity index is 2.54. The average molecular weight is 292 g/mol. The molecule has 0 aromatic heterocycles. The van der Waals surface area contributed by atoms with Crippen molar-refractivity contribution < 1.29 is 18.3 Å². The molecule has 1 heterocycles. The maximum Gasteiger partial charge on any atom is 0.265 e. The van der Waals surface area contributed by atoms with E-state index in [9.17, 15) is 13.6 Å². The Morgan fingerprint density at radius 1 is 1.56 bits per heavy atom. The Bertz CT molecular complexity index is 465. The fourth-order valence-corrected chi connectivity index (χ4v) is 1.87. The Morgan fingerprint density at radius 2 is 2.25 bits per heavy atom. The van der Waals surface area contributed by atoms with E-state index in [1.165, 1.54) is 0 Å². The van der Waals surface area contributed by atoms with Crippen molar-refractivity contribution in [1.82, 2.24) is 0 Å². The van der Waals surface area contributed by atoms with Gasteiger partial charge in [-0.15, -0.1) is 0 Å². The quantitative estimate of drug-likeness (QED) is 0.808. The number of hydrogen-bond acceptors (Lipinski definition) is 2. The van der Waals surface area contributed by atoms with E-state index in [0.717, 1.165) is 6.07 Å². The van der Waals surface area contributed by atoms with E-state index in [1.54, 1.807) is 6.92 Å². The lowest BCUT2D eigenvalue weighted by atomic mass is 10.1. The minimum atomic E-state index is -0.775. The smallest absolute Gasteiger partial charge is 0.265 e. The summed E-state index contributed by atoms with van der Waals surface area (Å²) >= 11 is 2.86. The maximum absolute atomic E-state index is 13.6. The molecule has 1 aromatic carbocycles. The second-order valence-electron chi connectivity index (χ2n) is 3.36. The van der Waals surface area contributed by atoms with Crippen LogP contribution < -0.4 is 10.1 Å². The molecule has 0 saturated carbocycles. The molecule has 1 N–H and O–H groups in total. The molecule has 0 saturated heterocycles. The van der Waals surface area contributed by atoms with Gasteiger partial charge < -0.3 is 10.1 Å². The van der Waals surface area contributed by atoms with Crippen LogP contribution in [0.25, 0.3) is 0 Å². The first kappa shape index (κ1) is 11.3. The zero-order chi connectivity index (χ0) is 11.9. The zero-order valence-corrected chi connectivity index (χ0v) is 9.90. The molecular formula is C10H8BrF2NO2. The van der Waals surface area contributed by atoms with Gasteiger partial charge in [0.25, 0.3) is 5.91 Å². The molecular weight excluding hydrogens is 284 g/mol. The molecule has 1 unspecified atom stereocenters. The monoisotopic (exact) mass is 291 g/mol. The number of halogens is 3. The van der Waals surface area contributed by atoms with Gasteiger partial charge in [0, 0.05) is 0 Å². The summed E-state index contributed by atoms with van der Waals surface area (Å²) in [6, 6.07) is 0.971. The van der Waals surface area contributed by atoms with E-state index < -0.39 is 23.6 Å². The van der Waals surface area contributed by atoms with Crippen LogP contribution in [0.2, 0.25) is 0 Å². The third-order valence-electron chi connectivity index (χ3n) is 2.30. The van der Waals surface area contributed by atoms with Crippen LogP contribution in [0.3, 0.4) is 0 Å². The molecule has 1 aromatic rings. The Kier molecular flexibility index (Phi) is 2.84. The fourth-order valence-electron chi connectivity index (χ4n) is 1.47. The summed E-state index contributed by atoms with van der Waals surface area (Å²) in [4.78, 5) is 11.4. The molecule has 16 heavy (non-hydrogen) atoms. The second kappa shape index (κ2) is 4.01. The molecule has 0 bridgehead atoms. The van der Waals surface area contributed by atoms with Crippen LogP contribution in [0.15, 0.2) is 10.5 Å². The second-order valence-corrected chi connectivity index (χ2v) is 4.22. The first-order chi connectivity index (χ1) is 7.54. The van der Waals surface area contributed by atoms with Gasteiger partial charge in [0.05, 0.1) is 4.47 Å². The van der Waals surface area contributed by atoms with Gasteiger partial charge in [-0.3, -0.25) is 4.79 Å². The molecule has 0 aliphatic carbocycles. The number of ether oxygens (including phenoxy) is 1. The van der Waals surface area contributed by atoms with E-state index in [2.05, 4.69) is 21.2 Å². The normalized spacial score (nSPS) is 18.8. The number of carbonyl (C=O) groups excluding carboxylic acids is 1. The van der Waals surface area contributed by atoms with E-state index in [0.29, 0.717) is 6.42 Å². The van der Waals surface area contributed by atoms with Crippen LogP contribution >= 0.6 is 15.9 Å². The van der Waals surface area contributed by atoms with E-state index in [4.69, 9.17) is 4.74 Å². The molecule has 1 aliphatic heterocycles. The van der Waals surface area contributed by atoms with Crippen LogP contribution in [0.4, 0.5) is 14.5 Å². The highest BCUT2D eigenvalue weighted by Gasteiger charge is 2.31. The number of nitrogens with one attached hydrogen (secondary N) is 1. The first-order valence-corrected chi connectivity index (χ1v) is 5.49. The summed E-state index contributed by atoms with van der Waals surface area (Å²) in [6.07, 6.45) is -0.384. The molecule has 6 heteroatoms. The van der Waals surface area contributed by atoms with Crippen molar-refractivity contribution in [3.63, 3.8) is 0 Å². The Hall–Kier alpha value is -1.17. The lowest BCUT2D eigenvalue weighted by Crippen LogP contribution is -2.37. The zero-order valence-electron chi connectivity index (χ0n) is 8.31. The standard InChI is InChI=1S/C10H8BrF2NO2/c1-2-6-10(15)14-8-7(13)4(11)3-5(12)9(8)16-6/h3,6H,2H2,1H3,(H,14,15). The Morgan fingerprint density at radius 3 is 2.88 bits per heavy atom. The average Bonchev–Trinajstić information content (AvgIpc) is 2.25. The third-order valence-corrected chi connectivity index (χ3v) is 2.88. The van der Waals surface area contributed by atoms with Crippen molar-refractivity contribution in [3.05, 3.63) is 22.2 Å². The summed E-state index contributed by atoms with van der Waals surface area (Å²) in [5, 5.41) is 2.30. The third kappa shape index (κ3) is 1.67. The summed E-state index contributed by atoms with van der Waals surface area (Å²) < 4.78 is 32.1. The SMILES string of the molecule is CCC1Oc2c(F)cc(Br)c(F)c2NC1=O. The molecule has 0 fully saturated rings. The van der Waals surface area contributed by atoms with Crippen LogP contribution in [-0.2, 0) is 4.79 Å². The summed E-state index contributed by atoms with van der Waals surface area (Å²) in [7, 11) is 0. The minimum Gasteiger partial charge on any atom is -0.475 e. The number of amides is 1. The van der Waals surface area contributed by atoms with E-state index in [1.807, 2.05) is 0 Å². The minimum absolute atomic E-state index is 0.0531. The van der Waals surface area contributed by atoms with Crippen molar-refractivity contribution in [2.45, 2.75) is 19.4 Å². The van der Waals surface area contributed by atoms with E-state index >= 15 is 0 Å². The summed E-state index contributed by atoms with van der Waals surface area (Å²) in [5.41, 5.74) is -0.249. The van der Waals surface area contributed by atoms with Crippen LogP contribution in [0.5, 0.6) is 5.75 Å². The number of carbonyl (C=O) groups is 1. The van der Waals surface area contributed by atoms with Gasteiger partial charge in [0.2, 0.25) is 0 Å². The summed E-state index contributed by atoms with van der Waals surface area (Å²) in [5.74, 6) is -2.15. The number of benzene rings is 1. The van der Waals surface area contributed by atoms with E-state index in [-0.39, 0.29) is 15.9 Å². The van der Waals surface area contributed by atoms with Gasteiger partial charge >= 0.3 is 0 Å². The molecule has 86 valence electrons. The fraction of sp³-hybridized carbons (Fsp3) is 0.300. The van der Waals surface area contributed by atoms with Gasteiger partial charge in [0.15, 0.2) is 23.5 Å². The lowest BCUT2D eigenvalue weighted by Gasteiger charge is -2.25. The molecule has 1 amide bonds. The number of fused-ring (bicyclic) bond motifs is 1. The van der Waals surface area contributed by atoms with Crippen molar-refractivity contribution in [3.8, 4) is 5.75 Å². The topological polar surface area (TPSA) is 38.3 Å². The molecule has 1 atom stereocenters. The molecule has 0 radical (unpaired) electrons. The van der Waals surface area contributed by atoms with Gasteiger partial charge in [0.1, 0.15) is 5.69 Å². The number of rotatable bonds is 1. The van der Waals surface area contributed by atoms with Crippen molar-refractivity contribution in [1.29, 1.82) is 0 Å². The van der Waals surface area contributed by atoms with Gasteiger partial charge in [-0.2, -0.15) is 0 Å². The lowest BCUT2D eigenvalue weighted by molar-refractivity contribution is -0.123. The molecule has 0 spiro atoms. The van der Waals surface area contributed by atoms with Crippen LogP contribution in [0.1, 0.15) is 13.3 Å². The highest BCUT2D eigenvalue weighted by Crippen LogP contribution is 2.38. The Labute approximate surface area is 98.9 Å². The van der Waals surface area contributed by atoms with Crippen LogP contribution in [-0.4, -0.2) is 12.0 Å². The number of anilines is 1. The number of hydrogen-bond donors (Lipinski definition) is 1. The first-order valence-electron chi connectivity index (χ1n) is 4.69. The van der Waals surface area contributed by atoms with Gasteiger partial charge in [-0.05, 0) is 28.4 Å². The highest BCUT2D eigenvalue weighted by atomic mass is 79.9. The predicted octanol–water partition coefficient (Wildman–Crippen LogP) is 2.84. The van der Waals surface area contributed by atoms with Gasteiger partial charge in [-0.25, -0.2) is 8.78 Å². The van der Waals surface area contributed by atoms with Crippen molar-refractivity contribution >= 4 is 27.5 Å². The predicted molar refractivity (Wildman–Crippen MR) is 57.4 cm³/mol. The maximum atomic E-state index is 13.6. The summed E-state index contributed by atoms with van der Waals surface area (Å²) in [6.45, 7) is 1.72. The van der Waals surface area contributed by atoms with Crippen molar-refractivity contribution in [2.24, 2.45) is 0 Å². The van der Waals surface area contributed by atoms with Gasteiger partial charge in [-0.1, -0.05) is 6.92 Å². The van der Waals surface area contributed by atoms with Crippen molar-refractivity contribution in [2.75, 3.05) is 5.32 Å². The van der Waals surface area contributed by atoms with Crippen LogP contribution in [0, 0.1) is 11.6 Å².